The van der Waals surface area contributed by atoms with Crippen molar-refractivity contribution in [3.8, 4) is 0 Å². The van der Waals surface area contributed by atoms with E-state index in [0.29, 0.717) is 12.0 Å². The summed E-state index contributed by atoms with van der Waals surface area (Å²) in [5.74, 6) is -1.53. The van der Waals surface area contributed by atoms with Crippen molar-refractivity contribution >= 4 is 0 Å². The number of hydrogen-bond acceptors (Lipinski definition) is 2. The van der Waals surface area contributed by atoms with E-state index in [1.54, 1.807) is 24.5 Å². The first-order chi connectivity index (χ1) is 10.2. The Hall–Kier alpha value is -1.81. The molecule has 0 amide bonds. The summed E-state index contributed by atoms with van der Waals surface area (Å²) in [5, 5.41) is 3.40. The molecule has 0 spiro atoms. The van der Waals surface area contributed by atoms with Crippen molar-refractivity contribution in [2.75, 3.05) is 6.54 Å². The van der Waals surface area contributed by atoms with Crippen molar-refractivity contribution < 1.29 is 8.78 Å². The molecule has 0 radical (unpaired) electrons. The number of nitrogens with one attached hydrogen (secondary N) is 1. The Morgan fingerprint density at radius 2 is 1.86 bits per heavy atom. The van der Waals surface area contributed by atoms with Gasteiger partial charge < -0.3 is 5.32 Å². The number of aromatic nitrogens is 1. The third kappa shape index (κ3) is 4.60. The molecule has 4 heteroatoms. The maximum atomic E-state index is 13.8. The normalized spacial score (nSPS) is 12.3. The van der Waals surface area contributed by atoms with Gasteiger partial charge in [-0.1, -0.05) is 19.1 Å². The van der Waals surface area contributed by atoms with E-state index in [9.17, 15) is 8.78 Å². The predicted molar refractivity (Wildman–Crippen MR) is 80.1 cm³/mol. The molecule has 1 heterocycles. The molecule has 1 atom stereocenters. The largest absolute Gasteiger partial charge is 0.313 e. The van der Waals surface area contributed by atoms with Gasteiger partial charge in [0.2, 0.25) is 0 Å². The number of pyridine rings is 1. The van der Waals surface area contributed by atoms with Crippen LogP contribution < -0.4 is 5.32 Å². The highest BCUT2D eigenvalue weighted by atomic mass is 19.2. The molecule has 1 unspecified atom stereocenters. The van der Waals surface area contributed by atoms with Crippen LogP contribution in [-0.4, -0.2) is 17.6 Å². The zero-order chi connectivity index (χ0) is 15.1. The van der Waals surface area contributed by atoms with Crippen molar-refractivity contribution in [3.63, 3.8) is 0 Å². The summed E-state index contributed by atoms with van der Waals surface area (Å²) >= 11 is 0. The minimum Gasteiger partial charge on any atom is -0.313 e. The van der Waals surface area contributed by atoms with Gasteiger partial charge in [-0.2, -0.15) is 0 Å². The van der Waals surface area contributed by atoms with Gasteiger partial charge in [0.05, 0.1) is 0 Å². The highest BCUT2D eigenvalue weighted by Crippen LogP contribution is 2.15. The molecule has 0 saturated carbocycles. The molecule has 1 aromatic carbocycles. The van der Waals surface area contributed by atoms with Gasteiger partial charge in [-0.15, -0.1) is 0 Å². The number of rotatable bonds is 7. The van der Waals surface area contributed by atoms with Crippen LogP contribution in [0.1, 0.15) is 24.5 Å². The van der Waals surface area contributed by atoms with Crippen LogP contribution in [0.5, 0.6) is 0 Å². The third-order valence-corrected chi connectivity index (χ3v) is 3.41. The van der Waals surface area contributed by atoms with Crippen LogP contribution >= 0.6 is 0 Å². The van der Waals surface area contributed by atoms with Crippen LogP contribution in [-0.2, 0) is 12.8 Å². The number of nitrogens with zero attached hydrogens (tertiary/aromatic N) is 1. The molecular formula is C17H20F2N2. The summed E-state index contributed by atoms with van der Waals surface area (Å²) in [6, 6.07) is 8.31. The van der Waals surface area contributed by atoms with E-state index in [0.717, 1.165) is 31.0 Å². The van der Waals surface area contributed by atoms with Crippen LogP contribution in [0.2, 0.25) is 0 Å². The van der Waals surface area contributed by atoms with E-state index in [-0.39, 0.29) is 6.04 Å². The second kappa shape index (κ2) is 7.84. The van der Waals surface area contributed by atoms with E-state index in [4.69, 9.17) is 0 Å². The van der Waals surface area contributed by atoms with Gasteiger partial charge >= 0.3 is 0 Å². The van der Waals surface area contributed by atoms with Gasteiger partial charge in [0.15, 0.2) is 11.6 Å². The summed E-state index contributed by atoms with van der Waals surface area (Å²) in [5.41, 5.74) is 1.55. The highest BCUT2D eigenvalue weighted by Gasteiger charge is 2.14. The quantitative estimate of drug-likeness (QED) is 0.844. The lowest BCUT2D eigenvalue weighted by molar-refractivity contribution is 0.468. The molecule has 0 saturated heterocycles. The van der Waals surface area contributed by atoms with E-state index in [2.05, 4.69) is 17.2 Å². The molecule has 0 aliphatic carbocycles. The van der Waals surface area contributed by atoms with Crippen molar-refractivity contribution in [1.82, 2.24) is 10.3 Å². The maximum absolute atomic E-state index is 13.8. The second-order valence-electron chi connectivity index (χ2n) is 5.13. The minimum absolute atomic E-state index is 0.0728. The van der Waals surface area contributed by atoms with Gasteiger partial charge in [0, 0.05) is 18.4 Å². The molecule has 21 heavy (non-hydrogen) atoms. The Balaban J connectivity index is 2.10. The topological polar surface area (TPSA) is 24.9 Å². The standard InChI is InChI=1S/C17H20F2N2/c1-2-8-21-15(11-13-6-9-20-10-7-13)12-14-4-3-5-16(18)17(14)19/h3-7,9-10,15,21H,2,8,11-12H2,1H3. The molecular weight excluding hydrogens is 270 g/mol. The smallest absolute Gasteiger partial charge is 0.162 e. The third-order valence-electron chi connectivity index (χ3n) is 3.41. The number of benzene rings is 1. The van der Waals surface area contributed by atoms with Crippen LogP contribution in [0.15, 0.2) is 42.7 Å². The first-order valence-electron chi connectivity index (χ1n) is 7.26. The van der Waals surface area contributed by atoms with Crippen molar-refractivity contribution in [2.45, 2.75) is 32.2 Å². The zero-order valence-electron chi connectivity index (χ0n) is 12.2. The maximum Gasteiger partial charge on any atom is 0.162 e. The van der Waals surface area contributed by atoms with Gasteiger partial charge in [0.1, 0.15) is 0 Å². The average molecular weight is 290 g/mol. The average Bonchev–Trinajstić information content (AvgIpc) is 2.50. The number of halogens is 2. The summed E-state index contributed by atoms with van der Waals surface area (Å²) in [6.07, 6.45) is 5.72. The van der Waals surface area contributed by atoms with Gasteiger partial charge in [-0.05, 0) is 55.1 Å². The Bertz CT molecular complexity index is 558. The zero-order valence-corrected chi connectivity index (χ0v) is 12.2. The fraction of sp³-hybridized carbons (Fsp3) is 0.353. The minimum atomic E-state index is -0.786. The first-order valence-corrected chi connectivity index (χ1v) is 7.26. The van der Waals surface area contributed by atoms with Crippen molar-refractivity contribution in [3.05, 3.63) is 65.5 Å². The predicted octanol–water partition coefficient (Wildman–Crippen LogP) is 3.51. The molecule has 2 aromatic rings. The van der Waals surface area contributed by atoms with Gasteiger partial charge in [0.25, 0.3) is 0 Å². The first kappa shape index (κ1) is 15.6. The van der Waals surface area contributed by atoms with Gasteiger partial charge in [-0.25, -0.2) is 8.78 Å². The molecule has 0 fully saturated rings. The lowest BCUT2D eigenvalue weighted by Gasteiger charge is -2.19. The SMILES string of the molecule is CCCNC(Cc1ccncc1)Cc1cccc(F)c1F. The van der Waals surface area contributed by atoms with Crippen LogP contribution in [0.4, 0.5) is 8.78 Å². The van der Waals surface area contributed by atoms with Crippen molar-refractivity contribution in [2.24, 2.45) is 0 Å². The van der Waals surface area contributed by atoms with E-state index >= 15 is 0 Å². The Labute approximate surface area is 124 Å². The molecule has 2 rings (SSSR count). The lowest BCUT2D eigenvalue weighted by atomic mass is 9.99. The van der Waals surface area contributed by atoms with E-state index < -0.39 is 11.6 Å². The molecule has 0 aliphatic rings. The highest BCUT2D eigenvalue weighted by molar-refractivity contribution is 5.21. The van der Waals surface area contributed by atoms with Crippen molar-refractivity contribution in [1.29, 1.82) is 0 Å². The Morgan fingerprint density at radius 1 is 1.10 bits per heavy atom. The van der Waals surface area contributed by atoms with Gasteiger partial charge in [-0.3, -0.25) is 4.98 Å². The fourth-order valence-corrected chi connectivity index (χ4v) is 2.34. The fourth-order valence-electron chi connectivity index (χ4n) is 2.34. The molecule has 0 aliphatic heterocycles. The van der Waals surface area contributed by atoms with E-state index in [1.165, 1.54) is 0 Å². The van der Waals surface area contributed by atoms with Crippen LogP contribution in [0.3, 0.4) is 0 Å². The monoisotopic (exact) mass is 290 g/mol. The van der Waals surface area contributed by atoms with Crippen LogP contribution in [0.25, 0.3) is 0 Å². The molecule has 0 bridgehead atoms. The molecule has 1 aromatic heterocycles. The summed E-state index contributed by atoms with van der Waals surface area (Å²) < 4.78 is 27.1. The summed E-state index contributed by atoms with van der Waals surface area (Å²) in [4.78, 5) is 3.99. The summed E-state index contributed by atoms with van der Waals surface area (Å²) in [7, 11) is 0. The molecule has 2 nitrogen and oxygen atoms in total. The second-order valence-corrected chi connectivity index (χ2v) is 5.13. The molecule has 112 valence electrons. The molecule has 1 N–H and O–H groups in total. The number of hydrogen-bond donors (Lipinski definition) is 1. The summed E-state index contributed by atoms with van der Waals surface area (Å²) in [6.45, 7) is 2.94. The van der Waals surface area contributed by atoms with E-state index in [1.807, 2.05) is 12.1 Å². The Kier molecular flexibility index (Phi) is 5.81. The Morgan fingerprint density at radius 3 is 2.57 bits per heavy atom. The van der Waals surface area contributed by atoms with Crippen LogP contribution in [0, 0.1) is 11.6 Å². The lowest BCUT2D eigenvalue weighted by Crippen LogP contribution is -2.34.